The van der Waals surface area contributed by atoms with E-state index in [1.54, 1.807) is 30.3 Å². The van der Waals surface area contributed by atoms with E-state index in [0.717, 1.165) is 16.7 Å². The molecule has 0 saturated heterocycles. The van der Waals surface area contributed by atoms with Crippen molar-refractivity contribution in [2.75, 3.05) is 17.4 Å². The second kappa shape index (κ2) is 9.62. The topological polar surface area (TPSA) is 91.2 Å². The van der Waals surface area contributed by atoms with E-state index in [2.05, 4.69) is 16.6 Å². The van der Waals surface area contributed by atoms with Crippen molar-refractivity contribution in [1.82, 2.24) is 0 Å². The fourth-order valence-corrected chi connectivity index (χ4v) is 4.57. The number of para-hydroxylation sites is 2. The van der Waals surface area contributed by atoms with Crippen LogP contribution in [0.3, 0.4) is 0 Å². The number of methoxy groups -OCH3 is 1. The van der Waals surface area contributed by atoms with Gasteiger partial charge in [-0.05, 0) is 49.7 Å². The minimum atomic E-state index is -0.489. The van der Waals surface area contributed by atoms with Gasteiger partial charge < -0.3 is 9.84 Å². The van der Waals surface area contributed by atoms with Crippen LogP contribution in [0.5, 0.6) is 5.75 Å². The Bertz CT molecular complexity index is 1550. The third kappa shape index (κ3) is 4.43. The molecule has 7 nitrogen and oxygen atoms in total. The average molecular weight is 492 g/mol. The van der Waals surface area contributed by atoms with Gasteiger partial charge in [-0.15, -0.1) is 0 Å². The SMILES string of the molecule is COC(=O)c1cccc(N2C(=O)/C(=N\Nc3cccc(-c4cc(C)cc(C)c4)c3O)c3ccccc32)c1. The molecule has 0 spiro atoms. The first-order chi connectivity index (χ1) is 17.9. The molecule has 1 aliphatic heterocycles. The third-order valence-corrected chi connectivity index (χ3v) is 6.19. The largest absolute Gasteiger partial charge is 0.505 e. The average Bonchev–Trinajstić information content (AvgIpc) is 3.18. The molecular formula is C30H25N3O4. The molecule has 5 rings (SSSR count). The quantitative estimate of drug-likeness (QED) is 0.204. The first-order valence-electron chi connectivity index (χ1n) is 11.7. The van der Waals surface area contributed by atoms with Crippen molar-refractivity contribution >= 4 is 34.7 Å². The lowest BCUT2D eigenvalue weighted by Gasteiger charge is -2.17. The summed E-state index contributed by atoms with van der Waals surface area (Å²) in [6.45, 7) is 4.02. The molecule has 0 aromatic heterocycles. The van der Waals surface area contributed by atoms with Crippen molar-refractivity contribution in [1.29, 1.82) is 0 Å². The minimum Gasteiger partial charge on any atom is -0.505 e. The highest BCUT2D eigenvalue weighted by Crippen LogP contribution is 2.38. The number of hydrogen-bond acceptors (Lipinski definition) is 6. The van der Waals surface area contributed by atoms with E-state index in [1.807, 2.05) is 62.4 Å². The summed E-state index contributed by atoms with van der Waals surface area (Å²) in [6.07, 6.45) is 0. The zero-order valence-corrected chi connectivity index (χ0v) is 20.6. The first kappa shape index (κ1) is 23.8. The lowest BCUT2D eigenvalue weighted by atomic mass is 9.99. The molecular weight excluding hydrogens is 466 g/mol. The number of aromatic hydroxyl groups is 1. The third-order valence-electron chi connectivity index (χ3n) is 6.19. The Morgan fingerprint density at radius 3 is 2.35 bits per heavy atom. The van der Waals surface area contributed by atoms with Crippen molar-refractivity contribution in [3.8, 4) is 16.9 Å². The van der Waals surface area contributed by atoms with Gasteiger partial charge in [0.1, 0.15) is 5.75 Å². The number of phenols is 1. The molecule has 1 heterocycles. The number of hydrogen-bond donors (Lipinski definition) is 2. The van der Waals surface area contributed by atoms with Gasteiger partial charge in [0.2, 0.25) is 0 Å². The van der Waals surface area contributed by atoms with Crippen LogP contribution in [0.25, 0.3) is 11.1 Å². The Labute approximate surface area is 214 Å². The molecule has 0 fully saturated rings. The van der Waals surface area contributed by atoms with Gasteiger partial charge in [-0.1, -0.05) is 65.7 Å². The van der Waals surface area contributed by atoms with E-state index in [9.17, 15) is 14.7 Å². The molecule has 0 saturated carbocycles. The number of anilines is 3. The van der Waals surface area contributed by atoms with Gasteiger partial charge in [-0.3, -0.25) is 15.1 Å². The normalized spacial score (nSPS) is 13.5. The van der Waals surface area contributed by atoms with Gasteiger partial charge in [0, 0.05) is 11.1 Å². The Hall–Kier alpha value is -4.91. The summed E-state index contributed by atoms with van der Waals surface area (Å²) >= 11 is 0. The number of amides is 1. The number of hydrazone groups is 1. The monoisotopic (exact) mass is 491 g/mol. The smallest absolute Gasteiger partial charge is 0.337 e. The Kier molecular flexibility index (Phi) is 6.19. The number of nitrogens with one attached hydrogen (secondary N) is 1. The van der Waals surface area contributed by atoms with E-state index in [-0.39, 0.29) is 17.4 Å². The second-order valence-corrected chi connectivity index (χ2v) is 8.85. The number of carbonyl (C=O) groups excluding carboxylic acids is 2. The van der Waals surface area contributed by atoms with Gasteiger partial charge in [-0.2, -0.15) is 5.10 Å². The van der Waals surface area contributed by atoms with Crippen LogP contribution in [-0.2, 0) is 9.53 Å². The van der Waals surface area contributed by atoms with Gasteiger partial charge >= 0.3 is 5.97 Å². The summed E-state index contributed by atoms with van der Waals surface area (Å²) in [6, 6.07) is 25.4. The number of fused-ring (bicyclic) bond motifs is 1. The van der Waals surface area contributed by atoms with Crippen LogP contribution < -0.4 is 10.3 Å². The van der Waals surface area contributed by atoms with Crippen LogP contribution in [0.4, 0.5) is 17.1 Å². The second-order valence-electron chi connectivity index (χ2n) is 8.85. The van der Waals surface area contributed by atoms with Crippen molar-refractivity contribution < 1.29 is 19.4 Å². The number of benzene rings is 4. The van der Waals surface area contributed by atoms with E-state index >= 15 is 0 Å². The molecule has 7 heteroatoms. The maximum absolute atomic E-state index is 13.6. The lowest BCUT2D eigenvalue weighted by molar-refractivity contribution is -0.111. The van der Waals surface area contributed by atoms with Crippen LogP contribution >= 0.6 is 0 Å². The van der Waals surface area contributed by atoms with Crippen molar-refractivity contribution in [3.05, 3.63) is 107 Å². The highest BCUT2D eigenvalue weighted by Gasteiger charge is 2.35. The molecule has 184 valence electrons. The highest BCUT2D eigenvalue weighted by atomic mass is 16.5. The molecule has 2 N–H and O–H groups in total. The molecule has 0 atom stereocenters. The molecule has 37 heavy (non-hydrogen) atoms. The number of esters is 1. The number of rotatable bonds is 5. The van der Waals surface area contributed by atoms with Crippen molar-refractivity contribution in [3.63, 3.8) is 0 Å². The fourth-order valence-electron chi connectivity index (χ4n) is 4.57. The van der Waals surface area contributed by atoms with Crippen LogP contribution in [0, 0.1) is 13.8 Å². The Morgan fingerprint density at radius 1 is 0.892 bits per heavy atom. The predicted octanol–water partition coefficient (Wildman–Crippen LogP) is 5.96. The predicted molar refractivity (Wildman–Crippen MR) is 145 cm³/mol. The number of carbonyl (C=O) groups is 2. The van der Waals surface area contributed by atoms with Gasteiger partial charge in [-0.25, -0.2) is 4.79 Å². The maximum Gasteiger partial charge on any atom is 0.337 e. The molecule has 0 aliphatic carbocycles. The van der Waals surface area contributed by atoms with E-state index in [4.69, 9.17) is 4.74 Å². The Balaban J connectivity index is 1.51. The van der Waals surface area contributed by atoms with Crippen molar-refractivity contribution in [2.45, 2.75) is 13.8 Å². The molecule has 0 bridgehead atoms. The molecule has 0 unspecified atom stereocenters. The highest BCUT2D eigenvalue weighted by molar-refractivity contribution is 6.55. The minimum absolute atomic E-state index is 0.0400. The van der Waals surface area contributed by atoms with Crippen LogP contribution in [0.15, 0.2) is 90.0 Å². The number of ether oxygens (including phenoxy) is 1. The summed E-state index contributed by atoms with van der Waals surface area (Å²) in [4.78, 5) is 27.1. The Morgan fingerprint density at radius 2 is 1.59 bits per heavy atom. The summed E-state index contributed by atoms with van der Waals surface area (Å²) in [5.41, 5.74) is 9.33. The molecule has 4 aromatic carbocycles. The van der Waals surface area contributed by atoms with Gasteiger partial charge in [0.25, 0.3) is 5.91 Å². The molecule has 0 radical (unpaired) electrons. The molecule has 4 aromatic rings. The van der Waals surface area contributed by atoms with Crippen LogP contribution in [-0.4, -0.2) is 29.8 Å². The lowest BCUT2D eigenvalue weighted by Crippen LogP contribution is -2.26. The number of phenolic OH excluding ortho intramolecular Hbond substituents is 1. The van der Waals surface area contributed by atoms with Crippen LogP contribution in [0.1, 0.15) is 27.0 Å². The van der Waals surface area contributed by atoms with Gasteiger partial charge in [0.05, 0.1) is 29.7 Å². The number of nitrogens with zero attached hydrogens (tertiary/aromatic N) is 2. The van der Waals surface area contributed by atoms with E-state index in [0.29, 0.717) is 33.8 Å². The summed E-state index contributed by atoms with van der Waals surface area (Å²) in [7, 11) is 1.31. The maximum atomic E-state index is 13.6. The molecule has 1 amide bonds. The zero-order valence-electron chi connectivity index (χ0n) is 20.6. The van der Waals surface area contributed by atoms with Crippen molar-refractivity contribution in [2.24, 2.45) is 5.10 Å². The molecule has 1 aliphatic rings. The summed E-state index contributed by atoms with van der Waals surface area (Å²) in [5.74, 6) is -0.810. The summed E-state index contributed by atoms with van der Waals surface area (Å²) in [5, 5.41) is 15.4. The fraction of sp³-hybridized carbons (Fsp3) is 0.100. The number of aryl methyl sites for hydroxylation is 2. The van der Waals surface area contributed by atoms with Crippen LogP contribution in [0.2, 0.25) is 0 Å². The van der Waals surface area contributed by atoms with E-state index in [1.165, 1.54) is 12.0 Å². The zero-order chi connectivity index (χ0) is 26.1. The van der Waals surface area contributed by atoms with Gasteiger partial charge in [0.15, 0.2) is 5.71 Å². The first-order valence-corrected chi connectivity index (χ1v) is 11.7. The van der Waals surface area contributed by atoms with E-state index < -0.39 is 5.97 Å². The standard InChI is InChI=1S/C30H25N3O4/c1-18-14-19(2)16-21(15-18)23-11-7-12-25(28(23)34)31-32-27-24-10-4-5-13-26(24)33(29(27)35)22-9-6-8-20(17-22)30(36)37-3/h4-17,31,34H,1-3H3/b32-27-. The summed E-state index contributed by atoms with van der Waals surface area (Å²) < 4.78 is 4.82.